The van der Waals surface area contributed by atoms with Crippen molar-refractivity contribution in [3.63, 3.8) is 0 Å². The fraction of sp³-hybridized carbons (Fsp3) is 0.889. The lowest BCUT2D eigenvalue weighted by Gasteiger charge is -2.12. The molecule has 0 bridgehead atoms. The number of Topliss-reactive ketones (excluding diaryl/α,β-unsaturated/α-hetero) is 1. The lowest BCUT2D eigenvalue weighted by molar-refractivity contribution is -0.122. The van der Waals surface area contributed by atoms with Crippen LogP contribution in [0.3, 0.4) is 0 Å². The van der Waals surface area contributed by atoms with Crippen molar-refractivity contribution in [2.75, 3.05) is 6.54 Å². The minimum Gasteiger partial charge on any atom is -0.314 e. The summed E-state index contributed by atoms with van der Waals surface area (Å²) in [6.07, 6.45) is 0.658. The molecular weight excluding hydrogens is 138 g/mol. The second-order valence-electron chi connectivity index (χ2n) is 3.28. The van der Waals surface area contributed by atoms with Gasteiger partial charge in [0.1, 0.15) is 5.78 Å². The largest absolute Gasteiger partial charge is 0.314 e. The fourth-order valence-corrected chi connectivity index (χ4v) is 0.958. The maximum absolute atomic E-state index is 11.2. The first kappa shape index (κ1) is 10.6. The van der Waals surface area contributed by atoms with Crippen LogP contribution in [-0.2, 0) is 4.79 Å². The zero-order valence-electron chi connectivity index (χ0n) is 7.98. The van der Waals surface area contributed by atoms with E-state index in [2.05, 4.69) is 12.2 Å². The van der Waals surface area contributed by atoms with E-state index in [-0.39, 0.29) is 5.92 Å². The predicted octanol–water partition coefficient (Wildman–Crippen LogP) is 1.60. The van der Waals surface area contributed by atoms with Crippen molar-refractivity contribution in [2.45, 2.75) is 40.2 Å². The number of hydrogen-bond acceptors (Lipinski definition) is 2. The summed E-state index contributed by atoms with van der Waals surface area (Å²) >= 11 is 0. The average molecular weight is 157 g/mol. The van der Waals surface area contributed by atoms with Crippen LogP contribution in [0.15, 0.2) is 0 Å². The molecule has 0 fully saturated rings. The third-order valence-electron chi connectivity index (χ3n) is 1.70. The molecule has 0 saturated carbocycles. The molecule has 0 aliphatic rings. The molecular formula is C9H19NO. The number of rotatable bonds is 5. The van der Waals surface area contributed by atoms with Crippen LogP contribution in [0.25, 0.3) is 0 Å². The second-order valence-corrected chi connectivity index (χ2v) is 3.28. The van der Waals surface area contributed by atoms with Crippen molar-refractivity contribution >= 4 is 5.78 Å². The fourth-order valence-electron chi connectivity index (χ4n) is 0.958. The van der Waals surface area contributed by atoms with Crippen LogP contribution >= 0.6 is 0 Å². The zero-order chi connectivity index (χ0) is 8.85. The van der Waals surface area contributed by atoms with E-state index < -0.39 is 0 Å². The Morgan fingerprint density at radius 2 is 1.91 bits per heavy atom. The molecule has 0 spiro atoms. The van der Waals surface area contributed by atoms with Gasteiger partial charge in [-0.15, -0.1) is 0 Å². The van der Waals surface area contributed by atoms with Gasteiger partial charge in [0.05, 0.1) is 0 Å². The molecule has 0 heterocycles. The number of ketones is 1. The summed E-state index contributed by atoms with van der Waals surface area (Å²) in [5, 5.41) is 3.21. The molecule has 1 atom stereocenters. The zero-order valence-corrected chi connectivity index (χ0v) is 7.98. The van der Waals surface area contributed by atoms with Gasteiger partial charge in [-0.25, -0.2) is 0 Å². The van der Waals surface area contributed by atoms with Gasteiger partial charge < -0.3 is 5.32 Å². The molecule has 0 aliphatic carbocycles. The molecule has 11 heavy (non-hydrogen) atoms. The first-order chi connectivity index (χ1) is 5.07. The molecule has 66 valence electrons. The highest BCUT2D eigenvalue weighted by atomic mass is 16.1. The first-order valence-electron chi connectivity index (χ1n) is 4.34. The van der Waals surface area contributed by atoms with Crippen LogP contribution in [0.2, 0.25) is 0 Å². The van der Waals surface area contributed by atoms with Gasteiger partial charge in [0.15, 0.2) is 0 Å². The van der Waals surface area contributed by atoms with E-state index in [9.17, 15) is 4.79 Å². The van der Waals surface area contributed by atoms with Gasteiger partial charge in [-0.2, -0.15) is 0 Å². The van der Waals surface area contributed by atoms with Crippen LogP contribution in [0, 0.1) is 5.92 Å². The molecule has 0 aromatic rings. The maximum atomic E-state index is 11.2. The third-order valence-corrected chi connectivity index (χ3v) is 1.70. The van der Waals surface area contributed by atoms with Gasteiger partial charge in [0, 0.05) is 18.4 Å². The minimum absolute atomic E-state index is 0.177. The van der Waals surface area contributed by atoms with E-state index in [0.29, 0.717) is 18.2 Å². The molecule has 1 N–H and O–H groups in total. The summed E-state index contributed by atoms with van der Waals surface area (Å²) in [6.45, 7) is 8.93. The second kappa shape index (κ2) is 5.30. The Labute approximate surface area is 69.4 Å². The summed E-state index contributed by atoms with van der Waals surface area (Å²) in [5.41, 5.74) is 0. The van der Waals surface area contributed by atoms with Crippen molar-refractivity contribution in [1.29, 1.82) is 0 Å². The number of hydrogen-bond donors (Lipinski definition) is 1. The van der Waals surface area contributed by atoms with Crippen LogP contribution in [0.4, 0.5) is 0 Å². The first-order valence-corrected chi connectivity index (χ1v) is 4.34. The Kier molecular flexibility index (Phi) is 5.12. The standard InChI is InChI=1S/C9H19NO/c1-5-10-8(4)6-9(11)7(2)3/h7-8,10H,5-6H2,1-4H3. The van der Waals surface area contributed by atoms with Gasteiger partial charge in [-0.3, -0.25) is 4.79 Å². The van der Waals surface area contributed by atoms with Crippen molar-refractivity contribution in [3.8, 4) is 0 Å². The van der Waals surface area contributed by atoms with Crippen LogP contribution in [0.1, 0.15) is 34.1 Å². The molecule has 0 aromatic heterocycles. The number of carbonyl (C=O) groups excluding carboxylic acids is 1. The van der Waals surface area contributed by atoms with Crippen LogP contribution < -0.4 is 5.32 Å². The normalized spacial score (nSPS) is 13.5. The quantitative estimate of drug-likeness (QED) is 0.656. The minimum atomic E-state index is 0.177. The number of carbonyl (C=O) groups is 1. The van der Waals surface area contributed by atoms with Crippen molar-refractivity contribution < 1.29 is 4.79 Å². The van der Waals surface area contributed by atoms with Gasteiger partial charge in [-0.05, 0) is 13.5 Å². The Bertz CT molecular complexity index is 121. The summed E-state index contributed by atoms with van der Waals surface area (Å²) in [5.74, 6) is 0.523. The molecule has 0 aromatic carbocycles. The molecule has 2 nitrogen and oxygen atoms in total. The topological polar surface area (TPSA) is 29.1 Å². The smallest absolute Gasteiger partial charge is 0.136 e. The SMILES string of the molecule is CCNC(C)CC(=O)C(C)C. The molecule has 0 rings (SSSR count). The molecule has 2 heteroatoms. The van der Waals surface area contributed by atoms with Gasteiger partial charge in [-0.1, -0.05) is 20.8 Å². The molecule has 0 aliphatic heterocycles. The summed E-state index contributed by atoms with van der Waals surface area (Å²) in [7, 11) is 0. The lowest BCUT2D eigenvalue weighted by atomic mass is 10.0. The van der Waals surface area contributed by atoms with Crippen LogP contribution in [0.5, 0.6) is 0 Å². The van der Waals surface area contributed by atoms with Crippen molar-refractivity contribution in [2.24, 2.45) is 5.92 Å². The lowest BCUT2D eigenvalue weighted by Crippen LogP contribution is -2.29. The summed E-state index contributed by atoms with van der Waals surface area (Å²) in [6, 6.07) is 0.329. The van der Waals surface area contributed by atoms with Crippen LogP contribution in [-0.4, -0.2) is 18.4 Å². The predicted molar refractivity (Wildman–Crippen MR) is 47.6 cm³/mol. The van der Waals surface area contributed by atoms with E-state index in [1.54, 1.807) is 0 Å². The monoisotopic (exact) mass is 157 g/mol. The molecule has 0 saturated heterocycles. The highest BCUT2D eigenvalue weighted by Gasteiger charge is 2.10. The highest BCUT2D eigenvalue weighted by Crippen LogP contribution is 2.01. The van der Waals surface area contributed by atoms with Gasteiger partial charge in [0.25, 0.3) is 0 Å². The van der Waals surface area contributed by atoms with Crippen molar-refractivity contribution in [1.82, 2.24) is 5.32 Å². The Hall–Kier alpha value is -0.370. The Morgan fingerprint density at radius 1 is 1.36 bits per heavy atom. The van der Waals surface area contributed by atoms with E-state index >= 15 is 0 Å². The summed E-state index contributed by atoms with van der Waals surface area (Å²) < 4.78 is 0. The molecule has 0 amide bonds. The maximum Gasteiger partial charge on any atom is 0.136 e. The molecule has 1 unspecified atom stereocenters. The van der Waals surface area contributed by atoms with Gasteiger partial charge in [0.2, 0.25) is 0 Å². The van der Waals surface area contributed by atoms with Gasteiger partial charge >= 0.3 is 0 Å². The average Bonchev–Trinajstić information content (AvgIpc) is 1.87. The summed E-state index contributed by atoms with van der Waals surface area (Å²) in [4.78, 5) is 11.2. The van der Waals surface area contributed by atoms with E-state index in [4.69, 9.17) is 0 Å². The Morgan fingerprint density at radius 3 is 2.27 bits per heavy atom. The van der Waals surface area contributed by atoms with Crippen molar-refractivity contribution in [3.05, 3.63) is 0 Å². The van der Waals surface area contributed by atoms with E-state index in [1.807, 2.05) is 20.8 Å². The third kappa shape index (κ3) is 4.96. The molecule has 0 radical (unpaired) electrons. The van der Waals surface area contributed by atoms with E-state index in [1.165, 1.54) is 0 Å². The Balaban J connectivity index is 3.57. The number of nitrogens with one attached hydrogen (secondary N) is 1. The van der Waals surface area contributed by atoms with E-state index in [0.717, 1.165) is 6.54 Å². The highest BCUT2D eigenvalue weighted by molar-refractivity contribution is 5.80.